The molecule has 0 aliphatic carbocycles. The summed E-state index contributed by atoms with van der Waals surface area (Å²) in [6.45, 7) is 1.77. The fourth-order valence-electron chi connectivity index (χ4n) is 0.339. The molecule has 9 heavy (non-hydrogen) atoms. The lowest BCUT2D eigenvalue weighted by Crippen LogP contribution is -2.00. The summed E-state index contributed by atoms with van der Waals surface area (Å²) in [7, 11) is 0. The van der Waals surface area contributed by atoms with Gasteiger partial charge in [-0.1, -0.05) is 0 Å². The fourth-order valence-corrected chi connectivity index (χ4v) is 0.586. The SMILES string of the molecule is CC(=O)OCCCSO. The second kappa shape index (κ2) is 5.91. The molecule has 0 atom stereocenters. The van der Waals surface area contributed by atoms with E-state index in [-0.39, 0.29) is 5.97 Å². The van der Waals surface area contributed by atoms with Crippen LogP contribution in [0.4, 0.5) is 0 Å². The van der Waals surface area contributed by atoms with Gasteiger partial charge in [0.1, 0.15) is 0 Å². The molecule has 0 unspecified atom stereocenters. The zero-order valence-electron chi connectivity index (χ0n) is 5.29. The van der Waals surface area contributed by atoms with Gasteiger partial charge in [0.05, 0.1) is 6.61 Å². The van der Waals surface area contributed by atoms with Crippen molar-refractivity contribution in [2.45, 2.75) is 13.3 Å². The number of esters is 1. The quantitative estimate of drug-likeness (QED) is 0.371. The summed E-state index contributed by atoms with van der Waals surface area (Å²) in [6, 6.07) is 0. The summed E-state index contributed by atoms with van der Waals surface area (Å²) in [6.07, 6.45) is 0.709. The number of hydrogen-bond donors (Lipinski definition) is 1. The van der Waals surface area contributed by atoms with Gasteiger partial charge in [0.25, 0.3) is 0 Å². The Bertz CT molecular complexity index is 84.3. The number of carbonyl (C=O) groups is 1. The van der Waals surface area contributed by atoms with E-state index in [4.69, 9.17) is 4.55 Å². The van der Waals surface area contributed by atoms with E-state index in [9.17, 15) is 4.79 Å². The average Bonchev–Trinajstić information content (AvgIpc) is 1.80. The summed E-state index contributed by atoms with van der Waals surface area (Å²) in [5.74, 6) is 0.353. The van der Waals surface area contributed by atoms with Gasteiger partial charge in [0.2, 0.25) is 0 Å². The van der Waals surface area contributed by atoms with E-state index in [1.807, 2.05) is 0 Å². The highest BCUT2D eigenvalue weighted by atomic mass is 32.2. The van der Waals surface area contributed by atoms with Crippen LogP contribution in [0.25, 0.3) is 0 Å². The predicted octanol–water partition coefficient (Wildman–Crippen LogP) is 1.15. The summed E-state index contributed by atoms with van der Waals surface area (Å²) in [4.78, 5) is 10.1. The van der Waals surface area contributed by atoms with Crippen molar-refractivity contribution in [3.8, 4) is 0 Å². The summed E-state index contributed by atoms with van der Waals surface area (Å²) < 4.78 is 12.8. The van der Waals surface area contributed by atoms with Crippen LogP contribution in [0.2, 0.25) is 0 Å². The van der Waals surface area contributed by atoms with E-state index in [0.717, 1.165) is 12.0 Å². The molecular formula is C5H10O3S. The monoisotopic (exact) mass is 150 g/mol. The normalized spacial score (nSPS) is 9.11. The molecule has 0 heterocycles. The molecule has 0 aromatic heterocycles. The minimum absolute atomic E-state index is 0.266. The number of ether oxygens (including phenoxy) is 1. The highest BCUT2D eigenvalue weighted by Crippen LogP contribution is 1.94. The van der Waals surface area contributed by atoms with Gasteiger partial charge in [-0.25, -0.2) is 0 Å². The molecule has 0 radical (unpaired) electrons. The van der Waals surface area contributed by atoms with Crippen LogP contribution in [0.1, 0.15) is 13.3 Å². The molecule has 0 saturated carbocycles. The second-order valence-electron chi connectivity index (χ2n) is 1.53. The molecule has 0 aromatic rings. The first kappa shape index (κ1) is 8.78. The van der Waals surface area contributed by atoms with Crippen LogP contribution in [0.3, 0.4) is 0 Å². The topological polar surface area (TPSA) is 46.5 Å². The van der Waals surface area contributed by atoms with E-state index in [0.29, 0.717) is 18.8 Å². The van der Waals surface area contributed by atoms with Crippen LogP contribution < -0.4 is 0 Å². The smallest absolute Gasteiger partial charge is 0.302 e. The first-order chi connectivity index (χ1) is 4.27. The Balaban J connectivity index is 2.83. The van der Waals surface area contributed by atoms with Crippen molar-refractivity contribution in [1.29, 1.82) is 0 Å². The zero-order chi connectivity index (χ0) is 7.11. The van der Waals surface area contributed by atoms with Gasteiger partial charge in [-0.15, -0.1) is 0 Å². The third-order valence-corrected chi connectivity index (χ3v) is 1.16. The van der Waals surface area contributed by atoms with Crippen molar-refractivity contribution >= 4 is 18.0 Å². The second-order valence-corrected chi connectivity index (χ2v) is 2.19. The molecule has 0 aromatic carbocycles. The largest absolute Gasteiger partial charge is 0.466 e. The lowest BCUT2D eigenvalue weighted by atomic mass is 10.5. The molecule has 1 N–H and O–H groups in total. The Hall–Kier alpha value is -0.220. The van der Waals surface area contributed by atoms with Crippen LogP contribution in [0.15, 0.2) is 0 Å². The van der Waals surface area contributed by atoms with Gasteiger partial charge >= 0.3 is 5.97 Å². The van der Waals surface area contributed by atoms with Gasteiger partial charge in [-0.05, 0) is 18.5 Å². The van der Waals surface area contributed by atoms with Crippen molar-refractivity contribution in [2.75, 3.05) is 12.4 Å². The summed E-state index contributed by atoms with van der Waals surface area (Å²) >= 11 is 0.762. The molecule has 0 rings (SSSR count). The minimum atomic E-state index is -0.266. The summed E-state index contributed by atoms with van der Waals surface area (Å²) in [5, 5.41) is 0. The van der Waals surface area contributed by atoms with Crippen molar-refractivity contribution in [3.05, 3.63) is 0 Å². The highest BCUT2D eigenvalue weighted by molar-refractivity contribution is 7.93. The minimum Gasteiger partial charge on any atom is -0.466 e. The Morgan fingerprint density at radius 2 is 2.44 bits per heavy atom. The van der Waals surface area contributed by atoms with Crippen LogP contribution in [-0.4, -0.2) is 22.9 Å². The van der Waals surface area contributed by atoms with E-state index >= 15 is 0 Å². The molecule has 54 valence electrons. The standard InChI is InChI=1S/C5H10O3S/c1-5(6)8-3-2-4-9-7/h7H,2-4H2,1H3. The zero-order valence-corrected chi connectivity index (χ0v) is 6.11. The van der Waals surface area contributed by atoms with Crippen molar-refractivity contribution < 1.29 is 14.1 Å². The number of hydrogen-bond acceptors (Lipinski definition) is 4. The molecular weight excluding hydrogens is 140 g/mol. The van der Waals surface area contributed by atoms with E-state index in [1.165, 1.54) is 6.92 Å². The van der Waals surface area contributed by atoms with E-state index in [2.05, 4.69) is 4.74 Å². The Morgan fingerprint density at radius 3 is 2.89 bits per heavy atom. The predicted molar refractivity (Wildman–Crippen MR) is 36.3 cm³/mol. The van der Waals surface area contributed by atoms with E-state index in [1.54, 1.807) is 0 Å². The van der Waals surface area contributed by atoms with E-state index < -0.39 is 0 Å². The van der Waals surface area contributed by atoms with Crippen LogP contribution in [-0.2, 0) is 9.53 Å². The molecule has 0 amide bonds. The van der Waals surface area contributed by atoms with Crippen LogP contribution in [0, 0.1) is 0 Å². The molecule has 4 heteroatoms. The maximum absolute atomic E-state index is 10.1. The van der Waals surface area contributed by atoms with Crippen molar-refractivity contribution in [3.63, 3.8) is 0 Å². The van der Waals surface area contributed by atoms with Crippen LogP contribution in [0.5, 0.6) is 0 Å². The molecule has 0 spiro atoms. The lowest BCUT2D eigenvalue weighted by molar-refractivity contribution is -0.140. The molecule has 0 aliphatic heterocycles. The van der Waals surface area contributed by atoms with Crippen molar-refractivity contribution in [2.24, 2.45) is 0 Å². The third-order valence-electron chi connectivity index (χ3n) is 0.685. The third kappa shape index (κ3) is 7.78. The highest BCUT2D eigenvalue weighted by Gasteiger charge is 1.90. The Morgan fingerprint density at radius 1 is 1.78 bits per heavy atom. The van der Waals surface area contributed by atoms with Crippen LogP contribution >= 0.6 is 12.0 Å². The van der Waals surface area contributed by atoms with Gasteiger partial charge in [-0.2, -0.15) is 0 Å². The average molecular weight is 150 g/mol. The molecule has 0 bridgehead atoms. The maximum Gasteiger partial charge on any atom is 0.302 e. The Kier molecular flexibility index (Phi) is 5.76. The first-order valence-corrected chi connectivity index (χ1v) is 3.61. The molecule has 3 nitrogen and oxygen atoms in total. The Labute approximate surface area is 58.6 Å². The van der Waals surface area contributed by atoms with Gasteiger partial charge in [0.15, 0.2) is 0 Å². The maximum atomic E-state index is 10.1. The first-order valence-electron chi connectivity index (χ1n) is 2.67. The fraction of sp³-hybridized carbons (Fsp3) is 0.800. The molecule has 0 saturated heterocycles. The van der Waals surface area contributed by atoms with Gasteiger partial charge < -0.3 is 9.29 Å². The van der Waals surface area contributed by atoms with Gasteiger partial charge in [0, 0.05) is 12.7 Å². The molecule has 0 aliphatic rings. The number of rotatable bonds is 4. The summed E-state index contributed by atoms with van der Waals surface area (Å²) in [5.41, 5.74) is 0. The van der Waals surface area contributed by atoms with Gasteiger partial charge in [-0.3, -0.25) is 4.79 Å². The lowest BCUT2D eigenvalue weighted by Gasteiger charge is -1.97. The van der Waals surface area contributed by atoms with Crippen molar-refractivity contribution in [1.82, 2.24) is 0 Å². The molecule has 0 fully saturated rings. The number of carbonyl (C=O) groups excluding carboxylic acids is 1.